The fraction of sp³-hybridized carbons (Fsp3) is 0.294. The minimum atomic E-state index is -0.250. The van der Waals surface area contributed by atoms with E-state index >= 15 is 0 Å². The second-order valence-corrected chi connectivity index (χ2v) is 7.18. The molecule has 1 aliphatic heterocycles. The first kappa shape index (κ1) is 20.0. The van der Waals surface area contributed by atoms with Gasteiger partial charge < -0.3 is 25.6 Å². The number of aromatic nitrogens is 7. The van der Waals surface area contributed by atoms with Crippen LogP contribution in [-0.4, -0.2) is 72.3 Å². The van der Waals surface area contributed by atoms with E-state index in [0.717, 1.165) is 47.6 Å². The van der Waals surface area contributed by atoms with Crippen molar-refractivity contribution in [2.24, 2.45) is 0 Å². The first-order valence-corrected chi connectivity index (χ1v) is 9.97. The van der Waals surface area contributed by atoms with Gasteiger partial charge in [-0.25, -0.2) is 9.97 Å². The molecule has 4 aromatic heterocycles. The lowest BCUT2D eigenvalue weighted by atomic mass is 10.4. The fourth-order valence-electron chi connectivity index (χ4n) is 3.10. The summed E-state index contributed by atoms with van der Waals surface area (Å²) in [5.74, 6) is 2.09. The molecule has 0 saturated carbocycles. The number of imidazole rings is 1. The van der Waals surface area contributed by atoms with Crippen LogP contribution in [0.2, 0.25) is 0 Å². The maximum absolute atomic E-state index is 8.36. The number of nitrogens with zero attached hydrogens (tertiary/aromatic N) is 7. The van der Waals surface area contributed by atoms with Gasteiger partial charge in [0.25, 0.3) is 6.47 Å². The van der Waals surface area contributed by atoms with Crippen LogP contribution in [0.4, 0.5) is 11.9 Å². The Morgan fingerprint density at radius 2 is 2.07 bits per heavy atom. The van der Waals surface area contributed by atoms with Crippen molar-refractivity contribution in [2.45, 2.75) is 6.54 Å². The third-order valence-electron chi connectivity index (χ3n) is 4.43. The minimum absolute atomic E-state index is 0.250. The number of halogens is 1. The van der Waals surface area contributed by atoms with Crippen LogP contribution in [0.25, 0.3) is 16.8 Å². The van der Waals surface area contributed by atoms with Gasteiger partial charge in [-0.15, -0.1) is 0 Å². The summed E-state index contributed by atoms with van der Waals surface area (Å²) in [6, 6.07) is 3.83. The van der Waals surface area contributed by atoms with Crippen LogP contribution < -0.4 is 15.5 Å². The predicted octanol–water partition coefficient (Wildman–Crippen LogP) is 0.881. The van der Waals surface area contributed by atoms with Gasteiger partial charge in [0.2, 0.25) is 11.9 Å². The van der Waals surface area contributed by atoms with E-state index in [1.54, 1.807) is 16.9 Å². The van der Waals surface area contributed by atoms with Crippen LogP contribution in [0, 0.1) is 0 Å². The number of H-pyrrole nitrogens is 1. The zero-order valence-corrected chi connectivity index (χ0v) is 17.4. The Balaban J connectivity index is 0.000000687. The number of carboxylic acid groups (broad SMARTS) is 1. The van der Waals surface area contributed by atoms with E-state index < -0.39 is 0 Å². The van der Waals surface area contributed by atoms with Gasteiger partial charge in [0.15, 0.2) is 11.3 Å². The number of carbonyl (C=O) groups is 1. The molecule has 1 fully saturated rings. The molecule has 0 unspecified atom stereocenters. The molecule has 0 radical (unpaired) electrons. The molecule has 0 bridgehead atoms. The van der Waals surface area contributed by atoms with Gasteiger partial charge in [0.1, 0.15) is 5.82 Å². The number of aromatic amines is 1. The van der Waals surface area contributed by atoms with Crippen LogP contribution in [0.3, 0.4) is 0 Å². The largest absolute Gasteiger partial charge is 0.483 e. The van der Waals surface area contributed by atoms with E-state index in [4.69, 9.17) is 14.9 Å². The molecule has 5 rings (SSSR count). The number of nitrogens with one attached hydrogen (secondary N) is 3. The van der Waals surface area contributed by atoms with Crippen molar-refractivity contribution in [3.05, 3.63) is 34.8 Å². The van der Waals surface area contributed by atoms with E-state index in [-0.39, 0.29) is 6.47 Å². The van der Waals surface area contributed by atoms with Gasteiger partial charge in [0, 0.05) is 32.4 Å². The standard InChI is InChI=1S/C16H17BrN10.CH2O2/c17-10-8-21-27-14(10)24-16(26-6-4-18-5-7-26)25-15(27)20-9-12-22-11-2-1-3-19-13(11)23-12;2-1-3/h1-3,8,18H,4-7,9H2,(H,19,22,23)(H,20,24,25);1H,(H,2,3). The molecule has 4 aromatic rings. The van der Waals surface area contributed by atoms with Crippen molar-refractivity contribution in [3.63, 3.8) is 0 Å². The third kappa shape index (κ3) is 4.16. The van der Waals surface area contributed by atoms with Crippen LogP contribution >= 0.6 is 15.9 Å². The summed E-state index contributed by atoms with van der Waals surface area (Å²) in [4.78, 5) is 31.9. The van der Waals surface area contributed by atoms with Crippen molar-refractivity contribution < 1.29 is 9.90 Å². The maximum Gasteiger partial charge on any atom is 0.290 e. The van der Waals surface area contributed by atoms with Crippen LogP contribution in [0.5, 0.6) is 0 Å². The minimum Gasteiger partial charge on any atom is -0.483 e. The second-order valence-electron chi connectivity index (χ2n) is 6.33. The molecular weight excluding hydrogens is 456 g/mol. The summed E-state index contributed by atoms with van der Waals surface area (Å²) < 4.78 is 2.52. The molecule has 1 saturated heterocycles. The van der Waals surface area contributed by atoms with Crippen molar-refractivity contribution >= 4 is 51.1 Å². The molecule has 0 spiro atoms. The first-order valence-electron chi connectivity index (χ1n) is 9.18. The lowest BCUT2D eigenvalue weighted by Gasteiger charge is -2.27. The Labute approximate surface area is 178 Å². The molecule has 156 valence electrons. The van der Waals surface area contributed by atoms with Crippen LogP contribution in [-0.2, 0) is 11.3 Å². The van der Waals surface area contributed by atoms with Gasteiger partial charge >= 0.3 is 0 Å². The highest BCUT2D eigenvalue weighted by molar-refractivity contribution is 9.10. The highest BCUT2D eigenvalue weighted by Crippen LogP contribution is 2.22. The Kier molecular flexibility index (Phi) is 5.99. The molecule has 0 aromatic carbocycles. The fourth-order valence-corrected chi connectivity index (χ4v) is 3.45. The Hall–Kier alpha value is -3.32. The number of fused-ring (bicyclic) bond motifs is 2. The molecule has 30 heavy (non-hydrogen) atoms. The van der Waals surface area contributed by atoms with E-state index in [2.05, 4.69) is 56.5 Å². The lowest BCUT2D eigenvalue weighted by molar-refractivity contribution is -0.122. The van der Waals surface area contributed by atoms with Crippen LogP contribution in [0.1, 0.15) is 5.82 Å². The van der Waals surface area contributed by atoms with E-state index in [9.17, 15) is 0 Å². The highest BCUT2D eigenvalue weighted by atomic mass is 79.9. The number of piperazine rings is 1. The van der Waals surface area contributed by atoms with E-state index in [0.29, 0.717) is 24.1 Å². The molecule has 5 heterocycles. The normalized spacial score (nSPS) is 13.8. The monoisotopic (exact) mass is 474 g/mol. The highest BCUT2D eigenvalue weighted by Gasteiger charge is 2.18. The molecule has 0 aliphatic carbocycles. The Morgan fingerprint density at radius 1 is 1.27 bits per heavy atom. The quantitative estimate of drug-likeness (QED) is 0.314. The van der Waals surface area contributed by atoms with Gasteiger partial charge in [-0.2, -0.15) is 19.6 Å². The predicted molar refractivity (Wildman–Crippen MR) is 113 cm³/mol. The molecule has 12 nitrogen and oxygen atoms in total. The number of anilines is 2. The summed E-state index contributed by atoms with van der Waals surface area (Å²) >= 11 is 3.52. The molecule has 0 amide bonds. The van der Waals surface area contributed by atoms with Crippen molar-refractivity contribution in [1.82, 2.24) is 39.9 Å². The van der Waals surface area contributed by atoms with Gasteiger partial charge in [-0.1, -0.05) is 0 Å². The molecule has 4 N–H and O–H groups in total. The smallest absolute Gasteiger partial charge is 0.290 e. The summed E-state index contributed by atoms with van der Waals surface area (Å²) in [5, 5.41) is 17.9. The number of pyridine rings is 1. The number of hydrogen-bond donors (Lipinski definition) is 4. The Bertz CT molecular complexity index is 1120. The number of hydrogen-bond acceptors (Lipinski definition) is 9. The van der Waals surface area contributed by atoms with Gasteiger partial charge in [-0.3, -0.25) is 4.79 Å². The van der Waals surface area contributed by atoms with E-state index in [1.807, 2.05) is 12.1 Å². The maximum atomic E-state index is 8.36. The summed E-state index contributed by atoms with van der Waals surface area (Å²) in [5.41, 5.74) is 2.34. The molecule has 13 heteroatoms. The molecule has 0 atom stereocenters. The summed E-state index contributed by atoms with van der Waals surface area (Å²) in [6.07, 6.45) is 3.46. The van der Waals surface area contributed by atoms with Gasteiger partial charge in [-0.05, 0) is 28.1 Å². The van der Waals surface area contributed by atoms with E-state index in [1.165, 1.54) is 0 Å². The second kappa shape index (κ2) is 9.00. The first-order chi connectivity index (χ1) is 14.7. The summed E-state index contributed by atoms with van der Waals surface area (Å²) in [7, 11) is 0. The lowest BCUT2D eigenvalue weighted by Crippen LogP contribution is -2.44. The molecule has 1 aliphatic rings. The zero-order valence-electron chi connectivity index (χ0n) is 15.8. The molecular formula is C17H19BrN10O2. The van der Waals surface area contributed by atoms with Crippen molar-refractivity contribution in [2.75, 3.05) is 36.4 Å². The average molecular weight is 475 g/mol. The van der Waals surface area contributed by atoms with Gasteiger partial charge in [0.05, 0.1) is 22.7 Å². The SMILES string of the molecule is Brc1cnn2c(NCc3nc4ncccc4[nH]3)nc(N3CCNCC3)nc12.O=CO. The third-order valence-corrected chi connectivity index (χ3v) is 4.99. The Morgan fingerprint density at radius 3 is 2.83 bits per heavy atom. The summed E-state index contributed by atoms with van der Waals surface area (Å²) in [6.45, 7) is 3.81. The number of rotatable bonds is 4. The van der Waals surface area contributed by atoms with Crippen LogP contribution in [0.15, 0.2) is 29.0 Å². The zero-order chi connectivity index (χ0) is 20.9. The average Bonchev–Trinajstić information content (AvgIpc) is 3.36. The van der Waals surface area contributed by atoms with Crippen molar-refractivity contribution in [1.29, 1.82) is 0 Å². The topological polar surface area (TPSA) is 149 Å². The van der Waals surface area contributed by atoms with Crippen molar-refractivity contribution in [3.8, 4) is 0 Å².